The van der Waals surface area contributed by atoms with Gasteiger partial charge in [-0.05, 0) is 37.8 Å². The van der Waals surface area contributed by atoms with E-state index in [0.29, 0.717) is 0 Å². The van der Waals surface area contributed by atoms with E-state index in [1.54, 1.807) is 7.11 Å². The van der Waals surface area contributed by atoms with Crippen molar-refractivity contribution in [1.29, 1.82) is 0 Å². The van der Waals surface area contributed by atoms with Crippen molar-refractivity contribution in [2.24, 2.45) is 5.84 Å². The lowest BCUT2D eigenvalue weighted by molar-refractivity contribution is 0.106. The molecular formula is C14H25N3O. The number of rotatable bonds is 8. The molecule has 1 aromatic heterocycles. The highest BCUT2D eigenvalue weighted by Crippen LogP contribution is 2.09. The van der Waals surface area contributed by atoms with Crippen LogP contribution < -0.4 is 11.3 Å². The van der Waals surface area contributed by atoms with Crippen molar-refractivity contribution in [2.45, 2.75) is 51.7 Å². The molecule has 0 saturated carbocycles. The van der Waals surface area contributed by atoms with Gasteiger partial charge in [-0.1, -0.05) is 13.0 Å². The largest absolute Gasteiger partial charge is 0.382 e. The van der Waals surface area contributed by atoms with Gasteiger partial charge < -0.3 is 4.74 Å². The maximum absolute atomic E-state index is 5.59. The first-order valence-electron chi connectivity index (χ1n) is 6.62. The summed E-state index contributed by atoms with van der Waals surface area (Å²) >= 11 is 0. The number of methoxy groups -OCH3 is 1. The first-order valence-corrected chi connectivity index (χ1v) is 6.62. The summed E-state index contributed by atoms with van der Waals surface area (Å²) in [6.45, 7) is 4.20. The summed E-state index contributed by atoms with van der Waals surface area (Å²) in [5.41, 5.74) is 5.21. The van der Waals surface area contributed by atoms with Crippen molar-refractivity contribution in [1.82, 2.24) is 10.4 Å². The van der Waals surface area contributed by atoms with Gasteiger partial charge in [0.25, 0.3) is 0 Å². The Morgan fingerprint density at radius 2 is 2.17 bits per heavy atom. The van der Waals surface area contributed by atoms with E-state index < -0.39 is 0 Å². The molecule has 0 aromatic carbocycles. The summed E-state index contributed by atoms with van der Waals surface area (Å²) in [4.78, 5) is 4.46. The number of aromatic nitrogens is 1. The lowest BCUT2D eigenvalue weighted by Crippen LogP contribution is -2.37. The number of hydrazine groups is 1. The average Bonchev–Trinajstić information content (AvgIpc) is 2.43. The number of ether oxygens (including phenoxy) is 1. The molecule has 1 aromatic rings. The summed E-state index contributed by atoms with van der Waals surface area (Å²) in [6.07, 6.45) is 6.09. The van der Waals surface area contributed by atoms with Gasteiger partial charge >= 0.3 is 0 Å². The second-order valence-corrected chi connectivity index (χ2v) is 4.70. The molecule has 0 spiro atoms. The van der Waals surface area contributed by atoms with Crippen molar-refractivity contribution >= 4 is 0 Å². The molecule has 0 aliphatic heterocycles. The van der Waals surface area contributed by atoms with Crippen molar-refractivity contribution < 1.29 is 4.74 Å². The molecule has 102 valence electrons. The average molecular weight is 251 g/mol. The Kier molecular flexibility index (Phi) is 6.86. The summed E-state index contributed by atoms with van der Waals surface area (Å²) in [5.74, 6) is 5.59. The Hall–Kier alpha value is -0.970. The molecule has 0 aliphatic rings. The van der Waals surface area contributed by atoms with Crippen molar-refractivity contribution in [3.63, 3.8) is 0 Å². The van der Waals surface area contributed by atoms with Crippen LogP contribution in [0.4, 0.5) is 0 Å². The smallest absolute Gasteiger partial charge is 0.0543 e. The Labute approximate surface area is 110 Å². The zero-order valence-corrected chi connectivity index (χ0v) is 11.6. The standard InChI is InChI=1S/C14H25N3O/c1-4-12-6-8-13(16-10-12)9-14(17-15)7-5-11(2)18-3/h6,8,10-11,14,17H,4-5,7,9,15H2,1-3H3. The normalized spacial score (nSPS) is 14.4. The van der Waals surface area contributed by atoms with Gasteiger partial charge in [0.2, 0.25) is 0 Å². The fraction of sp³-hybridized carbons (Fsp3) is 0.643. The quantitative estimate of drug-likeness (QED) is 0.546. The van der Waals surface area contributed by atoms with Gasteiger partial charge in [0, 0.05) is 31.5 Å². The van der Waals surface area contributed by atoms with Gasteiger partial charge in [0.05, 0.1) is 6.10 Å². The van der Waals surface area contributed by atoms with E-state index in [0.717, 1.165) is 31.4 Å². The van der Waals surface area contributed by atoms with Gasteiger partial charge in [-0.15, -0.1) is 0 Å². The van der Waals surface area contributed by atoms with Crippen molar-refractivity contribution in [3.8, 4) is 0 Å². The lowest BCUT2D eigenvalue weighted by Gasteiger charge is -2.17. The van der Waals surface area contributed by atoms with Crippen LogP contribution in [0.15, 0.2) is 18.3 Å². The van der Waals surface area contributed by atoms with E-state index in [4.69, 9.17) is 10.6 Å². The highest BCUT2D eigenvalue weighted by molar-refractivity contribution is 5.14. The van der Waals surface area contributed by atoms with Crippen LogP contribution in [0.2, 0.25) is 0 Å². The predicted octanol–water partition coefficient (Wildman–Crippen LogP) is 1.83. The minimum Gasteiger partial charge on any atom is -0.382 e. The fourth-order valence-electron chi connectivity index (χ4n) is 1.84. The fourth-order valence-corrected chi connectivity index (χ4v) is 1.84. The van der Waals surface area contributed by atoms with Crippen LogP contribution in [0.25, 0.3) is 0 Å². The molecule has 0 amide bonds. The SMILES string of the molecule is CCc1ccc(CC(CCC(C)OC)NN)nc1. The maximum Gasteiger partial charge on any atom is 0.0543 e. The van der Waals surface area contributed by atoms with E-state index in [2.05, 4.69) is 36.4 Å². The first-order chi connectivity index (χ1) is 8.69. The number of nitrogens with two attached hydrogens (primary N) is 1. The zero-order chi connectivity index (χ0) is 13.4. The molecule has 18 heavy (non-hydrogen) atoms. The molecule has 0 aliphatic carbocycles. The topological polar surface area (TPSA) is 60.2 Å². The Morgan fingerprint density at radius 3 is 2.67 bits per heavy atom. The van der Waals surface area contributed by atoms with E-state index >= 15 is 0 Å². The molecule has 2 unspecified atom stereocenters. The maximum atomic E-state index is 5.59. The van der Waals surface area contributed by atoms with Crippen LogP contribution in [0.3, 0.4) is 0 Å². The molecule has 0 saturated heterocycles. The molecule has 1 heterocycles. The van der Waals surface area contributed by atoms with E-state index in [9.17, 15) is 0 Å². The third-order valence-electron chi connectivity index (χ3n) is 3.31. The summed E-state index contributed by atoms with van der Waals surface area (Å²) in [5, 5.41) is 0. The van der Waals surface area contributed by atoms with Crippen molar-refractivity contribution in [3.05, 3.63) is 29.6 Å². The third-order valence-corrected chi connectivity index (χ3v) is 3.31. The number of nitrogens with one attached hydrogen (secondary N) is 1. The second kappa shape index (κ2) is 8.19. The first kappa shape index (κ1) is 15.1. The molecule has 2 atom stereocenters. The number of hydrogen-bond donors (Lipinski definition) is 2. The molecule has 4 heteroatoms. The molecule has 0 fully saturated rings. The summed E-state index contributed by atoms with van der Waals surface area (Å²) in [6, 6.07) is 4.47. The molecular weight excluding hydrogens is 226 g/mol. The Bertz CT molecular complexity index is 326. The Morgan fingerprint density at radius 1 is 1.39 bits per heavy atom. The molecule has 0 radical (unpaired) electrons. The van der Waals surface area contributed by atoms with E-state index in [1.165, 1.54) is 5.56 Å². The molecule has 0 bridgehead atoms. The van der Waals surface area contributed by atoms with Gasteiger partial charge in [-0.25, -0.2) is 0 Å². The number of hydrogen-bond acceptors (Lipinski definition) is 4. The zero-order valence-electron chi connectivity index (χ0n) is 11.6. The molecule has 1 rings (SSSR count). The van der Waals surface area contributed by atoms with E-state index in [-0.39, 0.29) is 12.1 Å². The lowest BCUT2D eigenvalue weighted by atomic mass is 10.0. The number of pyridine rings is 1. The molecule has 4 nitrogen and oxygen atoms in total. The third kappa shape index (κ3) is 5.12. The summed E-state index contributed by atoms with van der Waals surface area (Å²) in [7, 11) is 1.74. The van der Waals surface area contributed by atoms with Gasteiger partial charge in [-0.3, -0.25) is 16.3 Å². The summed E-state index contributed by atoms with van der Waals surface area (Å²) < 4.78 is 5.24. The van der Waals surface area contributed by atoms with E-state index in [1.807, 2.05) is 6.20 Å². The minimum atomic E-state index is 0.252. The highest BCUT2D eigenvalue weighted by atomic mass is 16.5. The monoisotopic (exact) mass is 251 g/mol. The van der Waals surface area contributed by atoms with Crippen LogP contribution in [0, 0.1) is 0 Å². The molecule has 3 N–H and O–H groups in total. The van der Waals surface area contributed by atoms with Gasteiger partial charge in [0.1, 0.15) is 0 Å². The van der Waals surface area contributed by atoms with Crippen LogP contribution in [0.1, 0.15) is 37.9 Å². The minimum absolute atomic E-state index is 0.252. The van der Waals surface area contributed by atoms with Crippen LogP contribution >= 0.6 is 0 Å². The van der Waals surface area contributed by atoms with Crippen LogP contribution in [-0.4, -0.2) is 24.2 Å². The van der Waals surface area contributed by atoms with Gasteiger partial charge in [-0.2, -0.15) is 0 Å². The number of nitrogens with zero attached hydrogens (tertiary/aromatic N) is 1. The number of aryl methyl sites for hydroxylation is 1. The van der Waals surface area contributed by atoms with Crippen molar-refractivity contribution in [2.75, 3.05) is 7.11 Å². The Balaban J connectivity index is 2.46. The second-order valence-electron chi connectivity index (χ2n) is 4.70. The van der Waals surface area contributed by atoms with Crippen LogP contribution in [-0.2, 0) is 17.6 Å². The van der Waals surface area contributed by atoms with Crippen LogP contribution in [0.5, 0.6) is 0 Å². The predicted molar refractivity (Wildman–Crippen MR) is 74.1 cm³/mol. The highest BCUT2D eigenvalue weighted by Gasteiger charge is 2.10. The van der Waals surface area contributed by atoms with Gasteiger partial charge in [0.15, 0.2) is 0 Å².